The molecule has 12 heavy (non-hydrogen) atoms. The van der Waals surface area contributed by atoms with Crippen molar-refractivity contribution in [2.24, 2.45) is 5.73 Å². The zero-order chi connectivity index (χ0) is 9.35. The van der Waals surface area contributed by atoms with E-state index < -0.39 is 19.2 Å². The minimum absolute atomic E-state index is 0.269. The van der Waals surface area contributed by atoms with Crippen LogP contribution in [0.5, 0.6) is 0 Å². The Morgan fingerprint density at radius 2 is 2.00 bits per heavy atom. The maximum atomic E-state index is 10.7. The summed E-state index contributed by atoms with van der Waals surface area (Å²) in [5, 5.41) is 0. The van der Waals surface area contributed by atoms with Gasteiger partial charge in [-0.2, -0.15) is 0 Å². The molecule has 1 rings (SSSR count). The second-order valence-electron chi connectivity index (χ2n) is 3.78. The van der Waals surface area contributed by atoms with Crippen molar-refractivity contribution in [3.63, 3.8) is 0 Å². The molecule has 0 fully saturated rings. The van der Waals surface area contributed by atoms with Crippen molar-refractivity contribution in [3.8, 4) is 0 Å². The molecule has 1 aromatic rings. The molecule has 3 nitrogen and oxygen atoms in total. The van der Waals surface area contributed by atoms with E-state index >= 15 is 0 Å². The fraction of sp³-hybridized carbons (Fsp3) is 0.375. The second-order valence-corrected chi connectivity index (χ2v) is 14.3. The molecule has 0 bridgehead atoms. The van der Waals surface area contributed by atoms with Gasteiger partial charge in [0.25, 0.3) is 0 Å². The van der Waals surface area contributed by atoms with E-state index in [4.69, 9.17) is 10.2 Å². The van der Waals surface area contributed by atoms with Gasteiger partial charge < -0.3 is 0 Å². The average molecular weight is 228 g/mol. The van der Waals surface area contributed by atoms with Crippen LogP contribution in [-0.4, -0.2) is 19.2 Å². The molecule has 1 heterocycles. The van der Waals surface area contributed by atoms with Crippen LogP contribution in [0.2, 0.25) is 17.3 Å². The number of hydrogen-bond donors (Lipinski definition) is 1. The van der Waals surface area contributed by atoms with E-state index in [0.717, 1.165) is 4.59 Å². The topological polar surface area (TPSA) is 56.2 Å². The summed E-state index contributed by atoms with van der Waals surface area (Å²) >= 11 is -1.91. The molecule has 1 aromatic heterocycles. The zero-order valence-electron chi connectivity index (χ0n) is 7.55. The van der Waals surface area contributed by atoms with E-state index in [0.29, 0.717) is 0 Å². The Labute approximate surface area is 74.3 Å². The Kier molecular flexibility index (Phi) is 2.32. The van der Waals surface area contributed by atoms with Crippen molar-refractivity contribution < 1.29 is 9.21 Å². The van der Waals surface area contributed by atoms with Gasteiger partial charge in [-0.1, -0.05) is 0 Å². The summed E-state index contributed by atoms with van der Waals surface area (Å²) in [6, 6.07) is 3.51. The molecule has 0 radical (unpaired) electrons. The summed E-state index contributed by atoms with van der Waals surface area (Å²) in [4.78, 5) is 10.7. The van der Waals surface area contributed by atoms with Gasteiger partial charge in [0.05, 0.1) is 0 Å². The van der Waals surface area contributed by atoms with Crippen LogP contribution in [0.15, 0.2) is 16.5 Å². The Balaban J connectivity index is 3.00. The van der Waals surface area contributed by atoms with E-state index in [2.05, 4.69) is 17.3 Å². The maximum absolute atomic E-state index is 10.7. The van der Waals surface area contributed by atoms with Crippen molar-refractivity contribution in [2.45, 2.75) is 17.3 Å². The van der Waals surface area contributed by atoms with E-state index in [9.17, 15) is 4.79 Å². The molecule has 0 unspecified atom stereocenters. The van der Waals surface area contributed by atoms with Gasteiger partial charge in [-0.05, 0) is 0 Å². The standard InChI is InChI=1S/C8H13GeNO2/c1-9(2,3)7-5-4-6(12-7)8(10)11/h4-5H,1-3H3,(H2,10,11). The molecule has 0 aliphatic rings. The number of carbonyl (C=O) groups excluding carboxylic acids is 1. The number of rotatable bonds is 2. The van der Waals surface area contributed by atoms with E-state index in [1.807, 2.05) is 6.07 Å². The van der Waals surface area contributed by atoms with Crippen molar-refractivity contribution in [1.29, 1.82) is 0 Å². The molecule has 0 atom stereocenters. The van der Waals surface area contributed by atoms with Crippen LogP contribution in [0.3, 0.4) is 0 Å². The van der Waals surface area contributed by atoms with Crippen molar-refractivity contribution in [1.82, 2.24) is 0 Å². The summed E-state index contributed by atoms with van der Waals surface area (Å²) in [6.45, 7) is 0. The van der Waals surface area contributed by atoms with Crippen LogP contribution in [0.25, 0.3) is 0 Å². The number of nitrogens with two attached hydrogens (primary N) is 1. The second kappa shape index (κ2) is 2.97. The van der Waals surface area contributed by atoms with Crippen LogP contribution in [0.1, 0.15) is 10.6 Å². The quantitative estimate of drug-likeness (QED) is 0.765. The summed E-state index contributed by atoms with van der Waals surface area (Å²) in [5.41, 5.74) is 5.06. The first-order valence-electron chi connectivity index (χ1n) is 3.81. The Morgan fingerprint density at radius 3 is 2.25 bits per heavy atom. The Hall–Kier alpha value is -0.707. The number of hydrogen-bond acceptors (Lipinski definition) is 2. The first-order valence-corrected chi connectivity index (χ1v) is 11.2. The fourth-order valence-corrected chi connectivity index (χ4v) is 2.97. The van der Waals surface area contributed by atoms with Crippen LogP contribution < -0.4 is 10.3 Å². The van der Waals surface area contributed by atoms with Gasteiger partial charge in [0, 0.05) is 0 Å². The Bertz CT molecular complexity index is 298. The first kappa shape index (κ1) is 9.38. The summed E-state index contributed by atoms with van der Waals surface area (Å²) in [6.07, 6.45) is 0. The molecule has 0 aliphatic heterocycles. The normalized spacial score (nSPS) is 11.6. The predicted molar refractivity (Wildman–Crippen MR) is 50.2 cm³/mol. The van der Waals surface area contributed by atoms with Crippen molar-refractivity contribution in [3.05, 3.63) is 17.9 Å². The van der Waals surface area contributed by atoms with Gasteiger partial charge in [-0.15, -0.1) is 0 Å². The molecule has 0 saturated heterocycles. The Morgan fingerprint density at radius 1 is 1.42 bits per heavy atom. The summed E-state index contributed by atoms with van der Waals surface area (Å²) < 4.78 is 6.28. The number of primary amides is 1. The van der Waals surface area contributed by atoms with Crippen molar-refractivity contribution >= 4 is 23.8 Å². The monoisotopic (exact) mass is 229 g/mol. The fourth-order valence-electron chi connectivity index (χ4n) is 0.873. The van der Waals surface area contributed by atoms with Gasteiger partial charge in [0.1, 0.15) is 0 Å². The van der Waals surface area contributed by atoms with Crippen molar-refractivity contribution in [2.75, 3.05) is 0 Å². The molecule has 0 spiro atoms. The van der Waals surface area contributed by atoms with Gasteiger partial charge in [-0.3, -0.25) is 0 Å². The number of furan rings is 1. The zero-order valence-corrected chi connectivity index (χ0v) is 9.65. The first-order chi connectivity index (χ1) is 5.41. The molecule has 0 aromatic carbocycles. The average Bonchev–Trinajstić information content (AvgIpc) is 2.30. The molecule has 0 saturated carbocycles. The molecule has 4 heteroatoms. The van der Waals surface area contributed by atoms with Crippen LogP contribution >= 0.6 is 0 Å². The van der Waals surface area contributed by atoms with Gasteiger partial charge in [0.2, 0.25) is 0 Å². The molecular weight excluding hydrogens is 215 g/mol. The van der Waals surface area contributed by atoms with Gasteiger partial charge in [0.15, 0.2) is 0 Å². The molecular formula is C8H13GeNO2. The molecule has 2 N–H and O–H groups in total. The third-order valence-electron chi connectivity index (χ3n) is 1.59. The van der Waals surface area contributed by atoms with Crippen LogP contribution in [0.4, 0.5) is 0 Å². The van der Waals surface area contributed by atoms with Gasteiger partial charge >= 0.3 is 73.9 Å². The van der Waals surface area contributed by atoms with E-state index in [1.54, 1.807) is 6.07 Å². The SMILES string of the molecule is [CH3][Ge]([CH3])([CH3])[c]1ccc(C(N)=O)o1. The number of carbonyl (C=O) groups is 1. The summed E-state index contributed by atoms with van der Waals surface area (Å²) in [5.74, 6) is 6.37. The van der Waals surface area contributed by atoms with E-state index in [-0.39, 0.29) is 5.76 Å². The van der Waals surface area contributed by atoms with Gasteiger partial charge in [-0.25, -0.2) is 0 Å². The van der Waals surface area contributed by atoms with Crippen LogP contribution in [-0.2, 0) is 0 Å². The van der Waals surface area contributed by atoms with E-state index in [1.165, 1.54) is 0 Å². The molecule has 66 valence electrons. The molecule has 1 amide bonds. The minimum atomic E-state index is -1.91. The molecule has 0 aliphatic carbocycles. The van der Waals surface area contributed by atoms with Crippen LogP contribution in [0, 0.1) is 0 Å². The third kappa shape index (κ3) is 1.91. The summed E-state index contributed by atoms with van der Waals surface area (Å²) in [7, 11) is 0. The number of amides is 1. The predicted octanol–water partition coefficient (Wildman–Crippen LogP) is 0.924. The third-order valence-corrected chi connectivity index (χ3v) is 5.25.